The van der Waals surface area contributed by atoms with E-state index in [2.05, 4.69) is 37.8 Å². The Balaban J connectivity index is 2.30. The second kappa shape index (κ2) is 4.58. The van der Waals surface area contributed by atoms with Gasteiger partial charge in [-0.3, -0.25) is 4.68 Å². The topological polar surface area (TPSA) is 29.9 Å². The summed E-state index contributed by atoms with van der Waals surface area (Å²) in [5.74, 6) is 0. The van der Waals surface area contributed by atoms with Crippen LogP contribution in [0.5, 0.6) is 0 Å². The number of aryl methyl sites for hydroxylation is 1. The molecule has 2 rings (SSSR count). The molecular formula is C13H23N3. The SMILES string of the molecule is CNC1CCCCC1n1nc(C)c(C)c1C. The molecule has 3 heteroatoms. The van der Waals surface area contributed by atoms with Crippen molar-refractivity contribution < 1.29 is 0 Å². The first-order chi connectivity index (χ1) is 7.65. The Morgan fingerprint density at radius 3 is 2.44 bits per heavy atom. The molecule has 0 aliphatic heterocycles. The van der Waals surface area contributed by atoms with Gasteiger partial charge in [-0.1, -0.05) is 12.8 Å². The van der Waals surface area contributed by atoms with Crippen molar-refractivity contribution in [2.24, 2.45) is 0 Å². The van der Waals surface area contributed by atoms with Crippen molar-refractivity contribution in [1.82, 2.24) is 15.1 Å². The molecule has 1 aliphatic rings. The fraction of sp³-hybridized carbons (Fsp3) is 0.769. The van der Waals surface area contributed by atoms with Crippen molar-refractivity contribution in [3.63, 3.8) is 0 Å². The number of hydrogen-bond acceptors (Lipinski definition) is 2. The summed E-state index contributed by atoms with van der Waals surface area (Å²) in [6.07, 6.45) is 5.21. The van der Waals surface area contributed by atoms with Crippen LogP contribution in [-0.2, 0) is 0 Å². The van der Waals surface area contributed by atoms with Crippen molar-refractivity contribution in [1.29, 1.82) is 0 Å². The molecule has 90 valence electrons. The molecule has 2 atom stereocenters. The number of rotatable bonds is 2. The number of hydrogen-bond donors (Lipinski definition) is 1. The summed E-state index contributed by atoms with van der Waals surface area (Å²) in [4.78, 5) is 0. The highest BCUT2D eigenvalue weighted by molar-refractivity contribution is 5.23. The number of likely N-dealkylation sites (N-methyl/N-ethyl adjacent to an activating group) is 1. The third-order valence-electron chi connectivity index (χ3n) is 4.10. The van der Waals surface area contributed by atoms with Crippen LogP contribution in [0.4, 0.5) is 0 Å². The van der Waals surface area contributed by atoms with Crippen molar-refractivity contribution in [3.8, 4) is 0 Å². The van der Waals surface area contributed by atoms with Crippen LogP contribution < -0.4 is 5.32 Å². The minimum Gasteiger partial charge on any atom is -0.315 e. The molecule has 1 fully saturated rings. The van der Waals surface area contributed by atoms with Gasteiger partial charge < -0.3 is 5.32 Å². The Morgan fingerprint density at radius 2 is 1.88 bits per heavy atom. The highest BCUT2D eigenvalue weighted by Crippen LogP contribution is 2.30. The van der Waals surface area contributed by atoms with Crippen LogP contribution in [0.1, 0.15) is 48.7 Å². The molecule has 1 N–H and O–H groups in total. The van der Waals surface area contributed by atoms with E-state index in [0.717, 1.165) is 0 Å². The Labute approximate surface area is 98.2 Å². The van der Waals surface area contributed by atoms with Gasteiger partial charge in [-0.2, -0.15) is 5.10 Å². The summed E-state index contributed by atoms with van der Waals surface area (Å²) in [5.41, 5.74) is 3.86. The van der Waals surface area contributed by atoms with Gasteiger partial charge >= 0.3 is 0 Å². The first kappa shape index (κ1) is 11.6. The largest absolute Gasteiger partial charge is 0.315 e. The lowest BCUT2D eigenvalue weighted by Crippen LogP contribution is -2.38. The monoisotopic (exact) mass is 221 g/mol. The third kappa shape index (κ3) is 1.88. The Hall–Kier alpha value is -0.830. The van der Waals surface area contributed by atoms with Gasteiger partial charge in [0, 0.05) is 11.7 Å². The lowest BCUT2D eigenvalue weighted by atomic mass is 9.90. The Kier molecular flexibility index (Phi) is 3.33. The van der Waals surface area contributed by atoms with E-state index in [0.29, 0.717) is 12.1 Å². The normalized spacial score (nSPS) is 26.0. The molecule has 0 radical (unpaired) electrons. The number of nitrogens with one attached hydrogen (secondary N) is 1. The van der Waals surface area contributed by atoms with E-state index >= 15 is 0 Å². The Bertz CT molecular complexity index is 367. The lowest BCUT2D eigenvalue weighted by Gasteiger charge is -2.32. The fourth-order valence-electron chi connectivity index (χ4n) is 2.81. The maximum absolute atomic E-state index is 4.71. The zero-order chi connectivity index (χ0) is 11.7. The molecular weight excluding hydrogens is 198 g/mol. The average Bonchev–Trinajstić information content (AvgIpc) is 2.57. The van der Waals surface area contributed by atoms with Crippen LogP contribution in [0.15, 0.2) is 0 Å². The molecule has 1 aromatic heterocycles. The van der Waals surface area contributed by atoms with Gasteiger partial charge in [-0.05, 0) is 46.2 Å². The fourth-order valence-corrected chi connectivity index (χ4v) is 2.81. The minimum absolute atomic E-state index is 0.547. The van der Waals surface area contributed by atoms with Gasteiger partial charge in [0.2, 0.25) is 0 Å². The van der Waals surface area contributed by atoms with E-state index in [1.54, 1.807) is 0 Å². The Morgan fingerprint density at radius 1 is 1.19 bits per heavy atom. The lowest BCUT2D eigenvalue weighted by molar-refractivity contribution is 0.253. The van der Waals surface area contributed by atoms with Crippen LogP contribution in [0.25, 0.3) is 0 Å². The maximum atomic E-state index is 4.71. The van der Waals surface area contributed by atoms with Crippen LogP contribution in [-0.4, -0.2) is 22.9 Å². The molecule has 1 saturated carbocycles. The quantitative estimate of drug-likeness (QED) is 0.831. The standard InChI is InChI=1S/C13H23N3/c1-9-10(2)15-16(11(9)3)13-8-6-5-7-12(13)14-4/h12-14H,5-8H2,1-4H3. The van der Waals surface area contributed by atoms with E-state index in [-0.39, 0.29) is 0 Å². The highest BCUT2D eigenvalue weighted by atomic mass is 15.3. The first-order valence-electron chi connectivity index (χ1n) is 6.34. The third-order valence-corrected chi connectivity index (χ3v) is 4.10. The molecule has 2 unspecified atom stereocenters. The van der Waals surface area contributed by atoms with Crippen molar-refractivity contribution in [2.75, 3.05) is 7.05 Å². The molecule has 0 spiro atoms. The van der Waals surface area contributed by atoms with Gasteiger partial charge in [-0.25, -0.2) is 0 Å². The second-order valence-corrected chi connectivity index (χ2v) is 4.99. The second-order valence-electron chi connectivity index (χ2n) is 4.99. The van der Waals surface area contributed by atoms with Gasteiger partial charge in [0.1, 0.15) is 0 Å². The molecule has 1 heterocycles. The molecule has 0 saturated heterocycles. The number of aromatic nitrogens is 2. The number of nitrogens with zero attached hydrogens (tertiary/aromatic N) is 2. The summed E-state index contributed by atoms with van der Waals surface area (Å²) in [7, 11) is 2.07. The van der Waals surface area contributed by atoms with Gasteiger partial charge in [-0.15, -0.1) is 0 Å². The molecule has 1 aromatic rings. The molecule has 3 nitrogen and oxygen atoms in total. The molecule has 0 aromatic carbocycles. The van der Waals surface area contributed by atoms with Crippen molar-refractivity contribution >= 4 is 0 Å². The van der Waals surface area contributed by atoms with E-state index < -0.39 is 0 Å². The summed E-state index contributed by atoms with van der Waals surface area (Å²) < 4.78 is 2.25. The zero-order valence-corrected chi connectivity index (χ0v) is 10.9. The molecule has 0 amide bonds. The average molecular weight is 221 g/mol. The summed E-state index contributed by atoms with van der Waals surface area (Å²) in [6.45, 7) is 6.47. The molecule has 0 bridgehead atoms. The van der Waals surface area contributed by atoms with Gasteiger partial charge in [0.15, 0.2) is 0 Å². The smallest absolute Gasteiger partial charge is 0.0675 e. The molecule has 16 heavy (non-hydrogen) atoms. The molecule has 1 aliphatic carbocycles. The van der Waals surface area contributed by atoms with Crippen LogP contribution >= 0.6 is 0 Å². The van der Waals surface area contributed by atoms with Gasteiger partial charge in [0.05, 0.1) is 11.7 Å². The van der Waals surface area contributed by atoms with Crippen LogP contribution in [0.3, 0.4) is 0 Å². The minimum atomic E-state index is 0.547. The first-order valence-corrected chi connectivity index (χ1v) is 6.34. The zero-order valence-electron chi connectivity index (χ0n) is 10.9. The van der Waals surface area contributed by atoms with Gasteiger partial charge in [0.25, 0.3) is 0 Å². The van der Waals surface area contributed by atoms with Crippen molar-refractivity contribution in [3.05, 3.63) is 17.0 Å². The van der Waals surface area contributed by atoms with E-state index in [4.69, 9.17) is 5.10 Å². The van der Waals surface area contributed by atoms with E-state index in [1.165, 1.54) is 42.6 Å². The highest BCUT2D eigenvalue weighted by Gasteiger charge is 2.27. The van der Waals surface area contributed by atoms with Crippen LogP contribution in [0.2, 0.25) is 0 Å². The van der Waals surface area contributed by atoms with E-state index in [1.807, 2.05) is 0 Å². The van der Waals surface area contributed by atoms with Crippen molar-refractivity contribution in [2.45, 2.75) is 58.5 Å². The maximum Gasteiger partial charge on any atom is 0.0675 e. The van der Waals surface area contributed by atoms with Crippen LogP contribution in [0, 0.1) is 20.8 Å². The van der Waals surface area contributed by atoms with E-state index in [9.17, 15) is 0 Å². The predicted molar refractivity (Wildman–Crippen MR) is 66.8 cm³/mol. The predicted octanol–water partition coefficient (Wildman–Crippen LogP) is 2.51. The summed E-state index contributed by atoms with van der Waals surface area (Å²) >= 11 is 0. The summed E-state index contributed by atoms with van der Waals surface area (Å²) in [6, 6.07) is 1.14. The summed E-state index contributed by atoms with van der Waals surface area (Å²) in [5, 5.41) is 8.16.